The predicted octanol–water partition coefficient (Wildman–Crippen LogP) is 2.23. The van der Waals surface area contributed by atoms with Crippen molar-refractivity contribution >= 4 is 17.7 Å². The number of hydrogen-bond donors (Lipinski definition) is 1. The Balaban J connectivity index is 1.59. The average Bonchev–Trinajstić information content (AvgIpc) is 3.24. The predicted molar refractivity (Wildman–Crippen MR) is 97.5 cm³/mol. The minimum absolute atomic E-state index is 0.0887. The molecule has 3 rings (SSSR count). The smallest absolute Gasteiger partial charge is 0.329 e. The first-order chi connectivity index (χ1) is 13.5. The second-order valence-electron chi connectivity index (χ2n) is 6.56. The summed E-state index contributed by atoms with van der Waals surface area (Å²) in [6.45, 7) is 3.94. The average molecular weight is 387 g/mol. The highest BCUT2D eigenvalue weighted by atomic mass is 16.6. The van der Waals surface area contributed by atoms with Crippen LogP contribution in [0.15, 0.2) is 41.0 Å². The molecule has 8 heteroatoms. The fraction of sp³-hybridized carbons (Fsp3) is 0.350. The number of ketones is 1. The Labute approximate surface area is 161 Å². The minimum atomic E-state index is -0.911. The molecule has 1 aliphatic rings. The van der Waals surface area contributed by atoms with E-state index in [0.717, 1.165) is 0 Å². The molecule has 8 nitrogen and oxygen atoms in total. The van der Waals surface area contributed by atoms with E-state index < -0.39 is 24.5 Å². The number of carbonyl (C=O) groups excluding carboxylic acids is 3. The summed E-state index contributed by atoms with van der Waals surface area (Å²) in [6.07, 6.45) is 1.36. The Morgan fingerprint density at radius 2 is 1.86 bits per heavy atom. The molecule has 148 valence electrons. The van der Waals surface area contributed by atoms with Crippen molar-refractivity contribution in [2.24, 2.45) is 5.92 Å². The van der Waals surface area contributed by atoms with E-state index in [1.807, 2.05) is 0 Å². The standard InChI is InChI=1S/C20H21NO7/c1-12(2)18(21-19(23)16-4-3-7-25-16)20(24)28-11-14(22)13-5-6-15-17(10-13)27-9-8-26-15/h3-7,10,12,18H,8-9,11H2,1-2H3,(H,21,23)/t18-/m0/s1. The normalized spacial score (nSPS) is 13.7. The number of carbonyl (C=O) groups is 3. The second kappa shape index (κ2) is 8.60. The molecule has 1 aromatic heterocycles. The van der Waals surface area contributed by atoms with E-state index in [0.29, 0.717) is 30.3 Å². The van der Waals surface area contributed by atoms with Crippen LogP contribution in [0.5, 0.6) is 11.5 Å². The van der Waals surface area contributed by atoms with Gasteiger partial charge in [-0.1, -0.05) is 13.8 Å². The molecule has 0 saturated carbocycles. The number of benzene rings is 1. The van der Waals surface area contributed by atoms with Gasteiger partial charge in [-0.15, -0.1) is 0 Å². The zero-order valence-corrected chi connectivity index (χ0v) is 15.6. The van der Waals surface area contributed by atoms with Gasteiger partial charge >= 0.3 is 5.97 Å². The maximum atomic E-state index is 12.4. The zero-order chi connectivity index (χ0) is 20.1. The lowest BCUT2D eigenvalue weighted by atomic mass is 10.0. The van der Waals surface area contributed by atoms with Crippen LogP contribution >= 0.6 is 0 Å². The molecule has 2 aromatic rings. The van der Waals surface area contributed by atoms with Gasteiger partial charge in [0.05, 0.1) is 6.26 Å². The molecule has 0 aliphatic carbocycles. The zero-order valence-electron chi connectivity index (χ0n) is 15.6. The van der Waals surface area contributed by atoms with Crippen LogP contribution in [0, 0.1) is 5.92 Å². The van der Waals surface area contributed by atoms with Crippen LogP contribution in [-0.2, 0) is 9.53 Å². The number of furan rings is 1. The van der Waals surface area contributed by atoms with Crippen molar-refractivity contribution in [3.8, 4) is 11.5 Å². The number of hydrogen-bond acceptors (Lipinski definition) is 7. The van der Waals surface area contributed by atoms with E-state index in [1.165, 1.54) is 12.3 Å². The Kier molecular flexibility index (Phi) is 5.98. The van der Waals surface area contributed by atoms with Gasteiger partial charge < -0.3 is 23.9 Å². The lowest BCUT2D eigenvalue weighted by Crippen LogP contribution is -2.45. The number of fused-ring (bicyclic) bond motifs is 1. The number of amides is 1. The second-order valence-corrected chi connectivity index (χ2v) is 6.56. The van der Waals surface area contributed by atoms with Gasteiger partial charge in [0.25, 0.3) is 5.91 Å². The van der Waals surface area contributed by atoms with Crippen LogP contribution in [0.3, 0.4) is 0 Å². The molecule has 1 N–H and O–H groups in total. The summed E-state index contributed by atoms with van der Waals surface area (Å²) in [5, 5.41) is 2.57. The summed E-state index contributed by atoms with van der Waals surface area (Å²) >= 11 is 0. The van der Waals surface area contributed by atoms with Crippen molar-refractivity contribution in [3.05, 3.63) is 47.9 Å². The fourth-order valence-electron chi connectivity index (χ4n) is 2.64. The molecular weight excluding hydrogens is 366 g/mol. The topological polar surface area (TPSA) is 104 Å². The van der Waals surface area contributed by atoms with Crippen LogP contribution in [0.1, 0.15) is 34.8 Å². The van der Waals surface area contributed by atoms with Crippen LogP contribution < -0.4 is 14.8 Å². The van der Waals surface area contributed by atoms with Crippen molar-refractivity contribution in [2.75, 3.05) is 19.8 Å². The summed E-state index contributed by atoms with van der Waals surface area (Å²) in [6, 6.07) is 6.94. The first kappa shape index (κ1) is 19.5. The summed E-state index contributed by atoms with van der Waals surface area (Å²) in [5.41, 5.74) is 0.345. The Bertz CT molecular complexity index is 857. The number of esters is 1. The molecule has 1 atom stereocenters. The summed E-state index contributed by atoms with van der Waals surface area (Å²) in [4.78, 5) is 36.9. The Morgan fingerprint density at radius 1 is 1.11 bits per heavy atom. The number of Topliss-reactive ketones (excluding diaryl/α,β-unsaturated/α-hetero) is 1. The van der Waals surface area contributed by atoms with Crippen LogP contribution in [0.4, 0.5) is 0 Å². The molecule has 2 heterocycles. The molecule has 0 fully saturated rings. The van der Waals surface area contributed by atoms with E-state index in [1.54, 1.807) is 38.1 Å². The molecule has 28 heavy (non-hydrogen) atoms. The van der Waals surface area contributed by atoms with Crippen LogP contribution in [-0.4, -0.2) is 43.5 Å². The van der Waals surface area contributed by atoms with Gasteiger partial charge in [0.2, 0.25) is 0 Å². The highest BCUT2D eigenvalue weighted by Crippen LogP contribution is 2.30. The van der Waals surface area contributed by atoms with E-state index in [2.05, 4.69) is 5.32 Å². The summed E-state index contributed by atoms with van der Waals surface area (Å²) in [5.74, 6) is -0.707. The fourth-order valence-corrected chi connectivity index (χ4v) is 2.64. The van der Waals surface area contributed by atoms with Crippen molar-refractivity contribution < 1.29 is 33.0 Å². The molecule has 1 aromatic carbocycles. The van der Waals surface area contributed by atoms with Crippen molar-refractivity contribution in [1.29, 1.82) is 0 Å². The van der Waals surface area contributed by atoms with Gasteiger partial charge in [0.15, 0.2) is 29.6 Å². The van der Waals surface area contributed by atoms with Gasteiger partial charge in [-0.05, 0) is 36.2 Å². The lowest BCUT2D eigenvalue weighted by molar-refractivity contribution is -0.145. The third-order valence-corrected chi connectivity index (χ3v) is 4.16. The third kappa shape index (κ3) is 4.51. The van der Waals surface area contributed by atoms with Gasteiger partial charge in [0, 0.05) is 5.56 Å². The Morgan fingerprint density at radius 3 is 2.54 bits per heavy atom. The van der Waals surface area contributed by atoms with E-state index in [9.17, 15) is 14.4 Å². The van der Waals surface area contributed by atoms with Gasteiger partial charge in [-0.2, -0.15) is 0 Å². The van der Waals surface area contributed by atoms with E-state index >= 15 is 0 Å². The van der Waals surface area contributed by atoms with Gasteiger partial charge in [-0.25, -0.2) is 4.79 Å². The van der Waals surface area contributed by atoms with Gasteiger partial charge in [-0.3, -0.25) is 9.59 Å². The van der Waals surface area contributed by atoms with Crippen LogP contribution in [0.25, 0.3) is 0 Å². The lowest BCUT2D eigenvalue weighted by Gasteiger charge is -2.20. The Hall–Kier alpha value is -3.29. The maximum Gasteiger partial charge on any atom is 0.329 e. The van der Waals surface area contributed by atoms with E-state index in [-0.39, 0.29) is 17.5 Å². The SMILES string of the molecule is CC(C)[C@H](NC(=O)c1ccco1)C(=O)OCC(=O)c1ccc2c(c1)OCCO2. The van der Waals surface area contributed by atoms with Gasteiger partial charge in [0.1, 0.15) is 19.3 Å². The molecule has 0 unspecified atom stereocenters. The monoisotopic (exact) mass is 387 g/mol. The quantitative estimate of drug-likeness (QED) is 0.574. The highest BCUT2D eigenvalue weighted by molar-refractivity contribution is 5.99. The largest absolute Gasteiger partial charge is 0.486 e. The molecule has 1 aliphatic heterocycles. The molecule has 0 saturated heterocycles. The number of ether oxygens (including phenoxy) is 3. The molecule has 0 bridgehead atoms. The highest BCUT2D eigenvalue weighted by Gasteiger charge is 2.28. The van der Waals surface area contributed by atoms with Crippen molar-refractivity contribution in [1.82, 2.24) is 5.32 Å². The van der Waals surface area contributed by atoms with Crippen molar-refractivity contribution in [2.45, 2.75) is 19.9 Å². The number of rotatable bonds is 7. The summed E-state index contributed by atoms with van der Waals surface area (Å²) in [7, 11) is 0. The molecular formula is C20H21NO7. The number of nitrogens with one attached hydrogen (secondary N) is 1. The van der Waals surface area contributed by atoms with Crippen LogP contribution in [0.2, 0.25) is 0 Å². The molecule has 0 radical (unpaired) electrons. The van der Waals surface area contributed by atoms with E-state index in [4.69, 9.17) is 18.6 Å². The molecule has 0 spiro atoms. The third-order valence-electron chi connectivity index (χ3n) is 4.16. The minimum Gasteiger partial charge on any atom is -0.486 e. The molecule has 1 amide bonds. The summed E-state index contributed by atoms with van der Waals surface area (Å²) < 4.78 is 21.0. The van der Waals surface area contributed by atoms with Crippen molar-refractivity contribution in [3.63, 3.8) is 0 Å². The first-order valence-electron chi connectivity index (χ1n) is 8.89. The maximum absolute atomic E-state index is 12.4. The first-order valence-corrected chi connectivity index (χ1v) is 8.89.